The van der Waals surface area contributed by atoms with E-state index < -0.39 is 0 Å². The Balaban J connectivity index is 3.29. The summed E-state index contributed by atoms with van der Waals surface area (Å²) in [5.41, 5.74) is 5.50. The van der Waals surface area contributed by atoms with Crippen molar-refractivity contribution in [2.24, 2.45) is 0 Å². The normalized spacial score (nSPS) is 13.8. The molecule has 1 rings (SSSR count). The second-order valence-corrected chi connectivity index (χ2v) is 3.23. The average Bonchev–Trinajstić information content (AvgIpc) is 2.36. The van der Waals surface area contributed by atoms with Crippen LogP contribution in [-0.4, -0.2) is 10.2 Å². The molecule has 0 saturated heterocycles. The lowest BCUT2D eigenvalue weighted by atomic mass is 10.4. The first-order chi connectivity index (χ1) is 5.65. The van der Waals surface area contributed by atoms with E-state index >= 15 is 0 Å². The van der Waals surface area contributed by atoms with Crippen LogP contribution in [0.25, 0.3) is 12.7 Å². The van der Waals surface area contributed by atoms with E-state index in [2.05, 4.69) is 32.7 Å². The Morgan fingerprint density at radius 3 is 2.83 bits per heavy atom. The second-order valence-electron chi connectivity index (χ2n) is 2.32. The van der Waals surface area contributed by atoms with Gasteiger partial charge in [0.2, 0.25) is 0 Å². The van der Waals surface area contributed by atoms with Gasteiger partial charge in [0.15, 0.2) is 5.82 Å². The van der Waals surface area contributed by atoms with Gasteiger partial charge >= 0.3 is 0 Å². The molecular formula is C8H10BrN3. The van der Waals surface area contributed by atoms with Crippen molar-refractivity contribution in [3.05, 3.63) is 21.1 Å². The van der Waals surface area contributed by atoms with E-state index in [0.717, 1.165) is 15.1 Å². The van der Waals surface area contributed by atoms with Crippen LogP contribution in [0.2, 0.25) is 0 Å². The highest BCUT2D eigenvalue weighted by atomic mass is 79.9. The Labute approximate surface area is 78.8 Å². The van der Waals surface area contributed by atoms with Crippen molar-refractivity contribution < 1.29 is 0 Å². The summed E-state index contributed by atoms with van der Waals surface area (Å²) in [7, 11) is 0. The van der Waals surface area contributed by atoms with Gasteiger partial charge in [0.05, 0.1) is 5.35 Å². The lowest BCUT2D eigenvalue weighted by Crippen LogP contribution is -2.22. The molecule has 12 heavy (non-hydrogen) atoms. The number of allylic oxidation sites excluding steroid dienone is 2. The summed E-state index contributed by atoms with van der Waals surface area (Å²) in [6.07, 6.45) is 3.81. The maximum atomic E-state index is 5.50. The topological polar surface area (TPSA) is 54.7 Å². The molecule has 0 spiro atoms. The molecule has 0 saturated carbocycles. The number of aromatic nitrogens is 2. The van der Waals surface area contributed by atoms with Crippen LogP contribution in [0.3, 0.4) is 0 Å². The molecular weight excluding hydrogens is 218 g/mol. The Morgan fingerprint density at radius 2 is 2.42 bits per heavy atom. The molecule has 1 heterocycles. The number of hydrogen-bond donors (Lipinski definition) is 2. The predicted molar refractivity (Wildman–Crippen MR) is 54.9 cm³/mol. The molecule has 0 amide bonds. The fraction of sp³-hybridized carbons (Fsp3) is 0.125. The first-order valence-corrected chi connectivity index (χ1v) is 4.26. The van der Waals surface area contributed by atoms with Crippen LogP contribution < -0.4 is 16.3 Å². The van der Waals surface area contributed by atoms with Gasteiger partial charge in [-0.05, 0) is 13.0 Å². The number of anilines is 1. The molecule has 0 radical (unpaired) electrons. The smallest absolute Gasteiger partial charge is 0.152 e. The molecule has 0 unspecified atom stereocenters. The van der Waals surface area contributed by atoms with Crippen molar-refractivity contribution in [2.45, 2.75) is 6.92 Å². The van der Waals surface area contributed by atoms with E-state index in [1.807, 2.05) is 19.1 Å². The first-order valence-electron chi connectivity index (χ1n) is 3.47. The summed E-state index contributed by atoms with van der Waals surface area (Å²) in [6, 6.07) is 0. The summed E-state index contributed by atoms with van der Waals surface area (Å²) >= 11 is 3.35. The van der Waals surface area contributed by atoms with Crippen LogP contribution in [0, 0.1) is 0 Å². The van der Waals surface area contributed by atoms with Gasteiger partial charge in [-0.15, -0.1) is 0 Å². The second kappa shape index (κ2) is 3.58. The van der Waals surface area contributed by atoms with Gasteiger partial charge in [-0.2, -0.15) is 5.10 Å². The zero-order chi connectivity index (χ0) is 9.14. The van der Waals surface area contributed by atoms with Crippen LogP contribution in [-0.2, 0) is 0 Å². The van der Waals surface area contributed by atoms with Crippen molar-refractivity contribution in [1.82, 2.24) is 10.2 Å². The van der Waals surface area contributed by atoms with Crippen molar-refractivity contribution >= 4 is 34.4 Å². The molecule has 0 aliphatic carbocycles. The minimum absolute atomic E-state index is 0.442. The van der Waals surface area contributed by atoms with Gasteiger partial charge < -0.3 is 5.73 Å². The molecule has 0 bridgehead atoms. The summed E-state index contributed by atoms with van der Waals surface area (Å²) in [5, 5.41) is 8.15. The van der Waals surface area contributed by atoms with Crippen LogP contribution in [0.4, 0.5) is 5.82 Å². The molecule has 0 aliphatic rings. The molecule has 0 aromatic carbocycles. The SMILES string of the molecule is C=c1c(N)n[nH]/c1=C/C(Br)=C\C. The van der Waals surface area contributed by atoms with Crippen LogP contribution in [0.15, 0.2) is 10.6 Å². The fourth-order valence-electron chi connectivity index (χ4n) is 0.734. The number of halogens is 1. The number of nitrogen functional groups attached to an aromatic ring is 1. The summed E-state index contributed by atoms with van der Waals surface area (Å²) < 4.78 is 0.969. The number of nitrogens with zero attached hydrogens (tertiary/aromatic N) is 1. The lowest BCUT2D eigenvalue weighted by molar-refractivity contribution is 1.07. The van der Waals surface area contributed by atoms with E-state index in [-0.39, 0.29) is 0 Å². The van der Waals surface area contributed by atoms with Gasteiger partial charge in [0.1, 0.15) is 0 Å². The number of hydrogen-bond acceptors (Lipinski definition) is 2. The number of rotatable bonds is 1. The van der Waals surface area contributed by atoms with E-state index in [1.54, 1.807) is 0 Å². The summed E-state index contributed by atoms with van der Waals surface area (Å²) in [5.74, 6) is 0.442. The maximum Gasteiger partial charge on any atom is 0.152 e. The maximum absolute atomic E-state index is 5.50. The third-order valence-corrected chi connectivity index (χ3v) is 2.18. The van der Waals surface area contributed by atoms with Crippen LogP contribution in [0.1, 0.15) is 6.92 Å². The van der Waals surface area contributed by atoms with Crippen molar-refractivity contribution in [3.63, 3.8) is 0 Å². The van der Waals surface area contributed by atoms with E-state index in [1.165, 1.54) is 0 Å². The van der Waals surface area contributed by atoms with E-state index in [0.29, 0.717) is 5.82 Å². The molecule has 0 atom stereocenters. The molecule has 3 N–H and O–H groups in total. The number of aromatic amines is 1. The quantitative estimate of drug-likeness (QED) is 0.734. The van der Waals surface area contributed by atoms with Crippen LogP contribution >= 0.6 is 15.9 Å². The minimum Gasteiger partial charge on any atom is -0.382 e. The predicted octanol–water partition coefficient (Wildman–Crippen LogP) is 0.481. The number of nitrogens with one attached hydrogen (secondary N) is 1. The van der Waals surface area contributed by atoms with Crippen molar-refractivity contribution in [1.29, 1.82) is 0 Å². The summed E-state index contributed by atoms with van der Waals surface area (Å²) in [6.45, 7) is 5.70. The molecule has 1 aromatic rings. The fourth-order valence-corrected chi connectivity index (χ4v) is 0.963. The van der Waals surface area contributed by atoms with Gasteiger partial charge in [-0.25, -0.2) is 0 Å². The summed E-state index contributed by atoms with van der Waals surface area (Å²) in [4.78, 5) is 0. The van der Waals surface area contributed by atoms with Crippen molar-refractivity contribution in [2.75, 3.05) is 5.73 Å². The van der Waals surface area contributed by atoms with Gasteiger partial charge in [0.25, 0.3) is 0 Å². The zero-order valence-electron chi connectivity index (χ0n) is 6.76. The number of nitrogens with two attached hydrogens (primary N) is 1. The molecule has 0 fully saturated rings. The molecule has 1 aromatic heterocycles. The Kier molecular flexibility index (Phi) is 2.70. The Hall–Kier alpha value is -1.03. The largest absolute Gasteiger partial charge is 0.382 e. The minimum atomic E-state index is 0.442. The van der Waals surface area contributed by atoms with Gasteiger partial charge in [-0.1, -0.05) is 28.6 Å². The molecule has 3 nitrogen and oxygen atoms in total. The molecule has 4 heteroatoms. The lowest BCUT2D eigenvalue weighted by Gasteiger charge is -1.82. The highest BCUT2D eigenvalue weighted by molar-refractivity contribution is 9.12. The van der Waals surface area contributed by atoms with Gasteiger partial charge in [0, 0.05) is 9.70 Å². The van der Waals surface area contributed by atoms with Crippen molar-refractivity contribution in [3.8, 4) is 0 Å². The first kappa shape index (κ1) is 9.06. The van der Waals surface area contributed by atoms with Gasteiger partial charge in [-0.3, -0.25) is 5.10 Å². The highest BCUT2D eigenvalue weighted by Gasteiger charge is 1.92. The Morgan fingerprint density at radius 1 is 1.75 bits per heavy atom. The van der Waals surface area contributed by atoms with Crippen LogP contribution in [0.5, 0.6) is 0 Å². The van der Waals surface area contributed by atoms with E-state index in [9.17, 15) is 0 Å². The number of H-pyrrole nitrogens is 1. The van der Waals surface area contributed by atoms with E-state index in [4.69, 9.17) is 5.73 Å². The third kappa shape index (κ3) is 1.76. The molecule has 64 valence electrons. The zero-order valence-corrected chi connectivity index (χ0v) is 8.35. The molecule has 0 aliphatic heterocycles. The standard InChI is InChI=1S/C8H10BrN3/c1-3-6(9)4-7-5(2)8(10)12-11-7/h3-4,11H,2H2,1H3,(H2,10,12)/b6-3+,7-4+. The Bertz CT molecular complexity index is 402. The highest BCUT2D eigenvalue weighted by Crippen LogP contribution is 2.03. The monoisotopic (exact) mass is 227 g/mol. The third-order valence-electron chi connectivity index (χ3n) is 1.49. The average molecular weight is 228 g/mol.